The van der Waals surface area contributed by atoms with Gasteiger partial charge in [0.25, 0.3) is 5.82 Å². The highest BCUT2D eigenvalue weighted by atomic mass is 16.5. The summed E-state index contributed by atoms with van der Waals surface area (Å²) in [6.07, 6.45) is 3.76. The molecule has 0 saturated heterocycles. The SMILES string of the molecule is COc1cccc(OC)c1/C=C/COc1ccc(Cn2nnnc2C(=O)O)cc1. The van der Waals surface area contributed by atoms with Crippen LogP contribution >= 0.6 is 0 Å². The molecule has 0 radical (unpaired) electrons. The number of hydrogen-bond acceptors (Lipinski definition) is 7. The van der Waals surface area contributed by atoms with Gasteiger partial charge in [-0.2, -0.15) is 0 Å². The number of nitrogens with zero attached hydrogens (tertiary/aromatic N) is 4. The van der Waals surface area contributed by atoms with Gasteiger partial charge in [-0.1, -0.05) is 18.2 Å². The second-order valence-electron chi connectivity index (χ2n) is 5.90. The minimum Gasteiger partial charge on any atom is -0.496 e. The van der Waals surface area contributed by atoms with E-state index in [0.717, 1.165) is 11.1 Å². The van der Waals surface area contributed by atoms with E-state index in [1.54, 1.807) is 26.4 Å². The number of aromatic carboxylic acids is 1. The lowest BCUT2D eigenvalue weighted by atomic mass is 10.1. The third-order valence-corrected chi connectivity index (χ3v) is 4.08. The molecule has 0 saturated carbocycles. The quantitative estimate of drug-likeness (QED) is 0.588. The zero-order valence-corrected chi connectivity index (χ0v) is 16.0. The van der Waals surface area contributed by atoms with Crippen molar-refractivity contribution in [1.82, 2.24) is 20.2 Å². The standard InChI is InChI=1S/C20H20N4O5/c1-27-17-6-3-7-18(28-2)16(17)5-4-12-29-15-10-8-14(9-11-15)13-24-19(20(25)26)21-22-23-24/h3-11H,12-13H2,1-2H3,(H,25,26)/b5-4+. The fourth-order valence-corrected chi connectivity index (χ4v) is 2.68. The van der Waals surface area contributed by atoms with Crippen LogP contribution in [-0.4, -0.2) is 52.1 Å². The van der Waals surface area contributed by atoms with Crippen molar-refractivity contribution in [3.05, 3.63) is 65.5 Å². The van der Waals surface area contributed by atoms with Crippen molar-refractivity contribution in [3.63, 3.8) is 0 Å². The van der Waals surface area contributed by atoms with Crippen LogP contribution in [0.3, 0.4) is 0 Å². The second kappa shape index (κ2) is 9.36. The smallest absolute Gasteiger partial charge is 0.375 e. The maximum absolute atomic E-state index is 11.1. The summed E-state index contributed by atoms with van der Waals surface area (Å²) in [5, 5.41) is 19.6. The van der Waals surface area contributed by atoms with Crippen molar-refractivity contribution in [3.8, 4) is 17.2 Å². The van der Waals surface area contributed by atoms with E-state index < -0.39 is 5.97 Å². The van der Waals surface area contributed by atoms with Crippen LogP contribution < -0.4 is 14.2 Å². The van der Waals surface area contributed by atoms with Crippen molar-refractivity contribution >= 4 is 12.0 Å². The second-order valence-corrected chi connectivity index (χ2v) is 5.90. The summed E-state index contributed by atoms with van der Waals surface area (Å²) in [4.78, 5) is 11.1. The van der Waals surface area contributed by atoms with E-state index in [-0.39, 0.29) is 12.4 Å². The Morgan fingerprint density at radius 3 is 2.41 bits per heavy atom. The molecule has 0 aliphatic carbocycles. The number of ether oxygens (including phenoxy) is 3. The van der Waals surface area contributed by atoms with E-state index in [0.29, 0.717) is 23.9 Å². The van der Waals surface area contributed by atoms with Crippen LogP contribution in [0, 0.1) is 0 Å². The lowest BCUT2D eigenvalue weighted by Gasteiger charge is -2.10. The van der Waals surface area contributed by atoms with Gasteiger partial charge >= 0.3 is 5.97 Å². The number of carboxylic acids is 1. The number of tetrazole rings is 1. The number of aromatic nitrogens is 4. The monoisotopic (exact) mass is 396 g/mol. The molecule has 0 amide bonds. The van der Waals surface area contributed by atoms with E-state index in [1.807, 2.05) is 42.5 Å². The molecule has 9 heteroatoms. The number of carboxylic acid groups (broad SMARTS) is 1. The molecule has 29 heavy (non-hydrogen) atoms. The molecule has 3 rings (SSSR count). The summed E-state index contributed by atoms with van der Waals surface area (Å²) in [6, 6.07) is 12.9. The molecule has 0 unspecified atom stereocenters. The molecule has 150 valence electrons. The number of rotatable bonds is 9. The highest BCUT2D eigenvalue weighted by Crippen LogP contribution is 2.29. The Morgan fingerprint density at radius 1 is 1.10 bits per heavy atom. The van der Waals surface area contributed by atoms with Crippen LogP contribution in [0.1, 0.15) is 21.7 Å². The molecule has 0 atom stereocenters. The zero-order chi connectivity index (χ0) is 20.6. The van der Waals surface area contributed by atoms with Crippen LogP contribution in [0.25, 0.3) is 6.08 Å². The molecule has 1 heterocycles. The zero-order valence-electron chi connectivity index (χ0n) is 16.0. The minimum atomic E-state index is -1.17. The lowest BCUT2D eigenvalue weighted by molar-refractivity contribution is 0.0677. The molecule has 3 aromatic rings. The number of benzene rings is 2. The van der Waals surface area contributed by atoms with Crippen LogP contribution in [0.5, 0.6) is 17.2 Å². The summed E-state index contributed by atoms with van der Waals surface area (Å²) in [5.74, 6) is 0.734. The predicted octanol–water partition coefficient (Wildman–Crippen LogP) is 2.53. The normalized spacial score (nSPS) is 10.8. The first-order valence-electron chi connectivity index (χ1n) is 8.71. The molecule has 0 aliphatic rings. The third-order valence-electron chi connectivity index (χ3n) is 4.08. The summed E-state index contributed by atoms with van der Waals surface area (Å²) in [7, 11) is 3.22. The molecule has 0 spiro atoms. The van der Waals surface area contributed by atoms with Crippen molar-refractivity contribution in [1.29, 1.82) is 0 Å². The van der Waals surface area contributed by atoms with Gasteiger partial charge in [-0.25, -0.2) is 9.48 Å². The van der Waals surface area contributed by atoms with E-state index in [2.05, 4.69) is 15.5 Å². The van der Waals surface area contributed by atoms with E-state index >= 15 is 0 Å². The molecule has 0 fully saturated rings. The fourth-order valence-electron chi connectivity index (χ4n) is 2.68. The minimum absolute atomic E-state index is 0.206. The Kier molecular flexibility index (Phi) is 6.41. The van der Waals surface area contributed by atoms with Crippen LogP contribution in [0.15, 0.2) is 48.5 Å². The molecule has 0 aliphatic heterocycles. The van der Waals surface area contributed by atoms with Crippen LogP contribution in [0.2, 0.25) is 0 Å². The third kappa shape index (κ3) is 4.89. The summed E-state index contributed by atoms with van der Waals surface area (Å²) in [6.45, 7) is 0.610. The lowest BCUT2D eigenvalue weighted by Crippen LogP contribution is -2.12. The van der Waals surface area contributed by atoms with E-state index in [9.17, 15) is 4.79 Å². The van der Waals surface area contributed by atoms with Crippen molar-refractivity contribution < 1.29 is 24.1 Å². The van der Waals surface area contributed by atoms with E-state index in [4.69, 9.17) is 19.3 Å². The maximum Gasteiger partial charge on any atom is 0.375 e. The van der Waals surface area contributed by atoms with Crippen molar-refractivity contribution in [2.45, 2.75) is 6.54 Å². The van der Waals surface area contributed by atoms with Crippen LogP contribution in [-0.2, 0) is 6.54 Å². The Bertz CT molecular complexity index is 976. The Labute approximate surface area is 167 Å². The molecule has 2 aromatic carbocycles. The topological polar surface area (TPSA) is 109 Å². The maximum atomic E-state index is 11.1. The van der Waals surface area contributed by atoms with Crippen molar-refractivity contribution in [2.75, 3.05) is 20.8 Å². The number of hydrogen-bond donors (Lipinski definition) is 1. The van der Waals surface area contributed by atoms with Gasteiger partial charge < -0.3 is 19.3 Å². The van der Waals surface area contributed by atoms with Crippen molar-refractivity contribution in [2.24, 2.45) is 0 Å². The van der Waals surface area contributed by atoms with E-state index in [1.165, 1.54) is 4.68 Å². The largest absolute Gasteiger partial charge is 0.496 e. The molecule has 0 bridgehead atoms. The molecule has 9 nitrogen and oxygen atoms in total. The Hall–Kier alpha value is -3.88. The molecular weight excluding hydrogens is 376 g/mol. The van der Waals surface area contributed by atoms with Gasteiger partial charge in [0.1, 0.15) is 23.9 Å². The van der Waals surface area contributed by atoms with Gasteiger partial charge in [0.15, 0.2) is 0 Å². The van der Waals surface area contributed by atoms with Crippen LogP contribution in [0.4, 0.5) is 0 Å². The average Bonchev–Trinajstić information content (AvgIpc) is 3.20. The van der Waals surface area contributed by atoms with Gasteiger partial charge in [0, 0.05) is 0 Å². The summed E-state index contributed by atoms with van der Waals surface area (Å²) >= 11 is 0. The Morgan fingerprint density at radius 2 is 1.79 bits per heavy atom. The van der Waals surface area contributed by atoms with Gasteiger partial charge in [-0.05, 0) is 52.4 Å². The number of carbonyl (C=O) groups is 1. The number of methoxy groups -OCH3 is 2. The van der Waals surface area contributed by atoms with Gasteiger partial charge in [0.2, 0.25) is 0 Å². The first kappa shape index (κ1) is 19.9. The summed E-state index contributed by atoms with van der Waals surface area (Å²) in [5.41, 5.74) is 1.69. The highest BCUT2D eigenvalue weighted by molar-refractivity contribution is 5.83. The van der Waals surface area contributed by atoms with Gasteiger partial charge in [-0.15, -0.1) is 5.10 Å². The average molecular weight is 396 g/mol. The highest BCUT2D eigenvalue weighted by Gasteiger charge is 2.13. The van der Waals surface area contributed by atoms with Gasteiger partial charge in [0.05, 0.1) is 26.3 Å². The molecule has 1 N–H and O–H groups in total. The Balaban J connectivity index is 1.59. The molecular formula is C20H20N4O5. The fraction of sp³-hybridized carbons (Fsp3) is 0.200. The first-order chi connectivity index (χ1) is 14.1. The molecule has 1 aromatic heterocycles. The first-order valence-corrected chi connectivity index (χ1v) is 8.71. The predicted molar refractivity (Wildman–Crippen MR) is 104 cm³/mol. The summed E-state index contributed by atoms with van der Waals surface area (Å²) < 4.78 is 17.7. The van der Waals surface area contributed by atoms with Gasteiger partial charge in [-0.3, -0.25) is 0 Å².